The number of aromatic nitrogens is 3. The zero-order valence-electron chi connectivity index (χ0n) is 15.3. The molecule has 3 aromatic heterocycles. The molecule has 0 aliphatic rings. The van der Waals surface area contributed by atoms with Gasteiger partial charge < -0.3 is 4.57 Å². The third kappa shape index (κ3) is 2.72. The van der Waals surface area contributed by atoms with Crippen LogP contribution in [0.2, 0.25) is 0 Å². The maximum absolute atomic E-state index is 13.1. The van der Waals surface area contributed by atoms with Crippen LogP contribution in [0.3, 0.4) is 0 Å². The van der Waals surface area contributed by atoms with Gasteiger partial charge in [0.2, 0.25) is 0 Å². The van der Waals surface area contributed by atoms with E-state index in [0.717, 1.165) is 37.4 Å². The van der Waals surface area contributed by atoms with Crippen LogP contribution in [-0.4, -0.2) is 14.0 Å². The summed E-state index contributed by atoms with van der Waals surface area (Å²) in [4.78, 5) is 18.5. The van der Waals surface area contributed by atoms with Crippen LogP contribution >= 0.6 is 27.3 Å². The van der Waals surface area contributed by atoms with Crippen LogP contribution in [0.1, 0.15) is 16.8 Å². The van der Waals surface area contributed by atoms with Gasteiger partial charge in [0.15, 0.2) is 4.96 Å². The highest BCUT2D eigenvalue weighted by molar-refractivity contribution is 9.10. The van der Waals surface area contributed by atoms with Crippen molar-refractivity contribution in [3.8, 4) is 5.69 Å². The van der Waals surface area contributed by atoms with E-state index in [1.165, 1.54) is 16.9 Å². The summed E-state index contributed by atoms with van der Waals surface area (Å²) in [5.41, 5.74) is 6.08. The van der Waals surface area contributed by atoms with E-state index in [1.54, 1.807) is 4.40 Å². The van der Waals surface area contributed by atoms with Gasteiger partial charge in [-0.15, -0.1) is 0 Å². The SMILES string of the molecule is Cc1cc2nc3s/c(=C\c4cccn4-c4ccc(Br)cc4)c(=O)n3c2cc1C. The Labute approximate surface area is 173 Å². The Morgan fingerprint density at radius 2 is 1.82 bits per heavy atom. The summed E-state index contributed by atoms with van der Waals surface area (Å²) >= 11 is 4.90. The second-order valence-electron chi connectivity index (χ2n) is 6.85. The molecule has 0 aliphatic heterocycles. The number of hydrogen-bond donors (Lipinski definition) is 0. The standard InChI is InChI=1S/C22H16BrN3OS/c1-13-10-18-19(11-14(13)2)26-21(27)20(28-22(26)24-18)12-17-4-3-9-25(17)16-7-5-15(23)6-8-16/h3-12H,1-2H3/b20-12-. The first-order chi connectivity index (χ1) is 13.5. The quantitative estimate of drug-likeness (QED) is 0.394. The first kappa shape index (κ1) is 17.4. The molecular weight excluding hydrogens is 434 g/mol. The first-order valence-corrected chi connectivity index (χ1v) is 10.5. The van der Waals surface area contributed by atoms with Crippen LogP contribution in [0.15, 0.2) is 64.0 Å². The molecule has 0 amide bonds. The van der Waals surface area contributed by atoms with E-state index in [4.69, 9.17) is 0 Å². The molecule has 3 heterocycles. The molecule has 0 radical (unpaired) electrons. The van der Waals surface area contributed by atoms with Gasteiger partial charge in [-0.1, -0.05) is 27.3 Å². The number of hydrogen-bond acceptors (Lipinski definition) is 3. The third-order valence-corrected chi connectivity index (χ3v) is 6.52. The van der Waals surface area contributed by atoms with E-state index in [1.807, 2.05) is 60.8 Å². The van der Waals surface area contributed by atoms with Crippen molar-refractivity contribution in [3.63, 3.8) is 0 Å². The fourth-order valence-electron chi connectivity index (χ4n) is 3.40. The molecule has 0 N–H and O–H groups in total. The second kappa shape index (κ2) is 6.43. The minimum atomic E-state index is -0.0192. The molecule has 0 bridgehead atoms. The van der Waals surface area contributed by atoms with Crippen LogP contribution in [0.4, 0.5) is 0 Å². The number of thiazole rings is 1. The summed E-state index contributed by atoms with van der Waals surface area (Å²) in [6.07, 6.45) is 3.94. The van der Waals surface area contributed by atoms with Crippen LogP contribution in [0.25, 0.3) is 27.8 Å². The molecule has 4 nitrogen and oxygen atoms in total. The molecule has 5 rings (SSSR count). The lowest BCUT2D eigenvalue weighted by Gasteiger charge is -2.06. The van der Waals surface area contributed by atoms with Crippen LogP contribution < -0.4 is 10.1 Å². The summed E-state index contributed by atoms with van der Waals surface area (Å²) in [6.45, 7) is 4.12. The average molecular weight is 450 g/mol. The normalized spacial score (nSPS) is 12.5. The highest BCUT2D eigenvalue weighted by Gasteiger charge is 2.13. The van der Waals surface area contributed by atoms with E-state index >= 15 is 0 Å². The Morgan fingerprint density at radius 3 is 2.61 bits per heavy atom. The van der Waals surface area contributed by atoms with Crippen molar-refractivity contribution in [1.82, 2.24) is 14.0 Å². The van der Waals surface area contributed by atoms with Crippen LogP contribution in [-0.2, 0) is 0 Å². The summed E-state index contributed by atoms with van der Waals surface area (Å²) in [7, 11) is 0. The van der Waals surface area contributed by atoms with E-state index in [0.29, 0.717) is 4.53 Å². The minimum absolute atomic E-state index is 0.0192. The zero-order valence-corrected chi connectivity index (χ0v) is 17.7. The minimum Gasteiger partial charge on any atom is -0.317 e. The molecular formula is C22H16BrN3OS. The van der Waals surface area contributed by atoms with Gasteiger partial charge in [0.25, 0.3) is 5.56 Å². The average Bonchev–Trinajstić information content (AvgIpc) is 3.33. The van der Waals surface area contributed by atoms with Gasteiger partial charge in [0, 0.05) is 22.1 Å². The number of benzene rings is 2. The summed E-state index contributed by atoms with van der Waals surface area (Å²) in [5.74, 6) is 0. The van der Waals surface area contributed by atoms with Gasteiger partial charge in [-0.25, -0.2) is 9.38 Å². The zero-order chi connectivity index (χ0) is 19.4. The molecule has 28 heavy (non-hydrogen) atoms. The van der Waals surface area contributed by atoms with E-state index in [9.17, 15) is 4.79 Å². The lowest BCUT2D eigenvalue weighted by Crippen LogP contribution is -2.23. The maximum atomic E-state index is 13.1. The van der Waals surface area contributed by atoms with Gasteiger partial charge in [0.05, 0.1) is 15.6 Å². The predicted molar refractivity (Wildman–Crippen MR) is 119 cm³/mol. The molecule has 0 spiro atoms. The molecule has 0 fully saturated rings. The van der Waals surface area contributed by atoms with E-state index in [-0.39, 0.29) is 5.56 Å². The number of nitrogens with zero attached hydrogens (tertiary/aromatic N) is 3. The van der Waals surface area contributed by atoms with Crippen molar-refractivity contribution in [1.29, 1.82) is 0 Å². The van der Waals surface area contributed by atoms with Crippen molar-refractivity contribution >= 4 is 49.3 Å². The lowest BCUT2D eigenvalue weighted by molar-refractivity contribution is 1.06. The molecule has 2 aromatic carbocycles. The molecule has 0 atom stereocenters. The van der Waals surface area contributed by atoms with Crippen LogP contribution in [0.5, 0.6) is 0 Å². The molecule has 0 saturated carbocycles. The number of fused-ring (bicyclic) bond motifs is 3. The van der Waals surface area contributed by atoms with Gasteiger partial charge >= 0.3 is 0 Å². The highest BCUT2D eigenvalue weighted by Crippen LogP contribution is 2.21. The van der Waals surface area contributed by atoms with Gasteiger partial charge in [-0.2, -0.15) is 0 Å². The lowest BCUT2D eigenvalue weighted by atomic mass is 10.1. The Bertz CT molecular complexity index is 1460. The van der Waals surface area contributed by atoms with Crippen molar-refractivity contribution in [2.24, 2.45) is 0 Å². The summed E-state index contributed by atoms with van der Waals surface area (Å²) < 4.78 is 5.51. The molecule has 5 aromatic rings. The van der Waals surface area contributed by atoms with E-state index < -0.39 is 0 Å². The third-order valence-electron chi connectivity index (χ3n) is 5.02. The van der Waals surface area contributed by atoms with Gasteiger partial charge in [0.1, 0.15) is 0 Å². The van der Waals surface area contributed by atoms with Crippen molar-refractivity contribution in [3.05, 3.63) is 90.9 Å². The maximum Gasteiger partial charge on any atom is 0.275 e. The molecule has 138 valence electrons. The van der Waals surface area contributed by atoms with Crippen molar-refractivity contribution in [2.45, 2.75) is 13.8 Å². The highest BCUT2D eigenvalue weighted by atomic mass is 79.9. The van der Waals surface area contributed by atoms with Gasteiger partial charge in [-0.3, -0.25) is 4.79 Å². The van der Waals surface area contributed by atoms with Crippen molar-refractivity contribution < 1.29 is 0 Å². The summed E-state index contributed by atoms with van der Waals surface area (Å²) in [5, 5.41) is 0. The predicted octanol–water partition coefficient (Wildman–Crippen LogP) is 4.63. The molecule has 6 heteroatoms. The topological polar surface area (TPSA) is 39.3 Å². The smallest absolute Gasteiger partial charge is 0.275 e. The fraction of sp³-hybridized carbons (Fsp3) is 0.0909. The monoisotopic (exact) mass is 449 g/mol. The number of rotatable bonds is 2. The number of imidazole rings is 1. The molecule has 0 aliphatic carbocycles. The van der Waals surface area contributed by atoms with Crippen molar-refractivity contribution in [2.75, 3.05) is 0 Å². The van der Waals surface area contributed by atoms with Crippen LogP contribution in [0, 0.1) is 13.8 Å². The van der Waals surface area contributed by atoms with Gasteiger partial charge in [-0.05, 0) is 79.6 Å². The molecule has 0 saturated heterocycles. The second-order valence-corrected chi connectivity index (χ2v) is 8.78. The Morgan fingerprint density at radius 1 is 1.07 bits per heavy atom. The Kier molecular flexibility index (Phi) is 4.00. The molecule has 0 unspecified atom stereocenters. The first-order valence-electron chi connectivity index (χ1n) is 8.88. The number of halogens is 1. The summed E-state index contributed by atoms with van der Waals surface area (Å²) in [6, 6.07) is 16.2. The Hall–Kier alpha value is -2.70. The largest absolute Gasteiger partial charge is 0.317 e. The fourth-order valence-corrected chi connectivity index (χ4v) is 4.64. The Balaban J connectivity index is 1.71. The number of aryl methyl sites for hydroxylation is 2. The van der Waals surface area contributed by atoms with E-state index in [2.05, 4.69) is 39.3 Å².